The molecule has 1 aromatic heterocycles. The third-order valence-electron chi connectivity index (χ3n) is 5.74. The van der Waals surface area contributed by atoms with Gasteiger partial charge in [-0.2, -0.15) is 4.57 Å². The lowest BCUT2D eigenvalue weighted by molar-refractivity contribution is -0.665. The highest BCUT2D eigenvalue weighted by molar-refractivity contribution is 5.94. The van der Waals surface area contributed by atoms with Crippen LogP contribution in [0.25, 0.3) is 22.0 Å². The first-order valence-corrected chi connectivity index (χ1v) is 9.85. The summed E-state index contributed by atoms with van der Waals surface area (Å²) < 4.78 is 10.9. The Labute approximate surface area is 160 Å². The highest BCUT2D eigenvalue weighted by Gasteiger charge is 2.21. The van der Waals surface area contributed by atoms with E-state index < -0.39 is 0 Å². The molecule has 0 aliphatic heterocycles. The molecule has 0 radical (unpaired) electrons. The maximum Gasteiger partial charge on any atom is 0.220 e. The van der Waals surface area contributed by atoms with Crippen LogP contribution in [0.1, 0.15) is 62.9 Å². The van der Waals surface area contributed by atoms with E-state index >= 15 is 0 Å². The summed E-state index contributed by atoms with van der Waals surface area (Å²) in [7, 11) is 2.10. The largest absolute Gasteiger partial charge is 0.220 e. The number of rotatable bonds is 4. The fourth-order valence-corrected chi connectivity index (χ4v) is 3.84. The van der Waals surface area contributed by atoms with Crippen molar-refractivity contribution in [3.8, 4) is 11.3 Å². The van der Waals surface area contributed by atoms with Gasteiger partial charge in [-0.3, -0.25) is 0 Å². The summed E-state index contributed by atoms with van der Waals surface area (Å²) in [6.07, 6.45) is 2.08. The van der Waals surface area contributed by atoms with E-state index in [9.17, 15) is 0 Å². The minimum absolute atomic E-state index is 0.461. The van der Waals surface area contributed by atoms with Gasteiger partial charge >= 0.3 is 0 Å². The van der Waals surface area contributed by atoms with Crippen molar-refractivity contribution in [3.05, 3.63) is 64.3 Å². The smallest absolute Gasteiger partial charge is 0.198 e. The molecule has 0 saturated heterocycles. The molecular formula is C25H32N+. The molecule has 1 heterocycles. The van der Waals surface area contributed by atoms with Crippen LogP contribution in [0, 0.1) is 13.8 Å². The lowest BCUT2D eigenvalue weighted by atomic mass is 9.91. The first kappa shape index (κ1) is 17.3. The van der Waals surface area contributed by atoms with Crippen molar-refractivity contribution in [2.75, 3.05) is 0 Å². The molecule has 3 rings (SSSR count). The molecule has 0 fully saturated rings. The molecule has 0 unspecified atom stereocenters. The summed E-state index contributed by atoms with van der Waals surface area (Å²) in [4.78, 5) is 0. The lowest BCUT2D eigenvalue weighted by Gasteiger charge is -2.15. The van der Waals surface area contributed by atoms with Crippen LogP contribution in [0.15, 0.2) is 36.4 Å². The first-order chi connectivity index (χ1) is 12.8. The molecule has 0 saturated carbocycles. The van der Waals surface area contributed by atoms with Gasteiger partial charge in [0.2, 0.25) is 5.69 Å². The zero-order chi connectivity index (χ0) is 19.9. The van der Waals surface area contributed by atoms with Gasteiger partial charge in [-0.25, -0.2) is 0 Å². The van der Waals surface area contributed by atoms with Gasteiger partial charge < -0.3 is 0 Å². The van der Waals surface area contributed by atoms with Crippen LogP contribution >= 0.6 is 0 Å². The van der Waals surface area contributed by atoms with Crippen LogP contribution in [-0.2, 0) is 19.9 Å². The van der Waals surface area contributed by atoms with Crippen LogP contribution in [0.2, 0.25) is 0 Å². The summed E-state index contributed by atoms with van der Waals surface area (Å²) >= 11 is 0. The monoisotopic (exact) mass is 347 g/mol. The van der Waals surface area contributed by atoms with Crippen molar-refractivity contribution >= 4 is 10.8 Å². The average molecular weight is 348 g/mol. The Morgan fingerprint density at radius 2 is 1.77 bits per heavy atom. The van der Waals surface area contributed by atoms with Crippen LogP contribution < -0.4 is 4.57 Å². The van der Waals surface area contributed by atoms with Gasteiger partial charge in [-0.1, -0.05) is 45.9 Å². The molecule has 1 heteroatoms. The maximum absolute atomic E-state index is 8.72. The van der Waals surface area contributed by atoms with E-state index in [1.807, 2.05) is 0 Å². The van der Waals surface area contributed by atoms with Gasteiger partial charge in [0.05, 0.1) is 12.3 Å². The van der Waals surface area contributed by atoms with Crippen molar-refractivity contribution < 1.29 is 5.94 Å². The molecule has 0 aliphatic rings. The Bertz CT molecular complexity index is 1010. The second kappa shape index (κ2) is 7.23. The molecule has 0 atom stereocenters. The van der Waals surface area contributed by atoms with Crippen molar-refractivity contribution in [1.29, 1.82) is 0 Å². The Hall–Kier alpha value is -2.15. The number of aryl methyl sites for hydroxylation is 2. The topological polar surface area (TPSA) is 3.88 Å². The molecule has 0 N–H and O–H groups in total. The van der Waals surface area contributed by atoms with Crippen molar-refractivity contribution in [1.82, 2.24) is 0 Å². The van der Waals surface area contributed by atoms with Crippen LogP contribution in [0.4, 0.5) is 0 Å². The van der Waals surface area contributed by atoms with Crippen molar-refractivity contribution in [2.45, 2.75) is 60.3 Å². The Morgan fingerprint density at radius 1 is 1.04 bits per heavy atom. The summed E-state index contributed by atoms with van der Waals surface area (Å²) in [5, 5.41) is 2.24. The fourth-order valence-electron chi connectivity index (χ4n) is 3.84. The van der Waals surface area contributed by atoms with E-state index in [0.29, 0.717) is 12.0 Å². The Kier molecular flexibility index (Phi) is 4.80. The third kappa shape index (κ3) is 3.16. The zero-order valence-corrected chi connectivity index (χ0v) is 17.3. The van der Waals surface area contributed by atoms with E-state index in [-0.39, 0.29) is 0 Å². The van der Waals surface area contributed by atoms with Crippen molar-refractivity contribution in [3.63, 3.8) is 0 Å². The van der Waals surface area contributed by atoms with Crippen LogP contribution in [-0.4, -0.2) is 0 Å². The molecule has 2 aromatic carbocycles. The summed E-state index contributed by atoms with van der Waals surface area (Å²) in [5.74, 6) is 0.461. The van der Waals surface area contributed by atoms with E-state index in [4.69, 9.17) is 1.37 Å². The summed E-state index contributed by atoms with van der Waals surface area (Å²) in [6, 6.07) is 12.0. The van der Waals surface area contributed by atoms with E-state index in [1.54, 1.807) is 0 Å². The second-order valence-electron chi connectivity index (χ2n) is 7.71. The second-order valence-corrected chi connectivity index (χ2v) is 7.71. The molecule has 0 spiro atoms. The van der Waals surface area contributed by atoms with E-state index in [0.717, 1.165) is 23.9 Å². The van der Waals surface area contributed by atoms with E-state index in [2.05, 4.69) is 83.5 Å². The summed E-state index contributed by atoms with van der Waals surface area (Å²) in [6.45, 7) is 13.2. The highest BCUT2D eigenvalue weighted by Crippen LogP contribution is 2.33. The quantitative estimate of drug-likeness (QED) is 0.495. The van der Waals surface area contributed by atoms with Gasteiger partial charge in [-0.15, -0.1) is 0 Å². The van der Waals surface area contributed by atoms with E-state index in [1.165, 1.54) is 38.9 Å². The molecule has 26 heavy (non-hydrogen) atoms. The zero-order valence-electron chi connectivity index (χ0n) is 18.3. The number of hydrogen-bond acceptors (Lipinski definition) is 0. The predicted molar refractivity (Wildman–Crippen MR) is 113 cm³/mol. The molecule has 0 aliphatic carbocycles. The number of hydrogen-bond donors (Lipinski definition) is 0. The van der Waals surface area contributed by atoms with Crippen molar-refractivity contribution in [2.24, 2.45) is 7.05 Å². The molecule has 1 nitrogen and oxygen atoms in total. The van der Waals surface area contributed by atoms with Gasteiger partial charge in [0, 0.05) is 13.0 Å². The molecule has 0 amide bonds. The van der Waals surface area contributed by atoms with Gasteiger partial charge in [0.15, 0.2) is 5.69 Å². The van der Waals surface area contributed by atoms with Gasteiger partial charge in [0.25, 0.3) is 0 Å². The van der Waals surface area contributed by atoms with Gasteiger partial charge in [0.1, 0.15) is 7.05 Å². The number of benzene rings is 2. The SMILES string of the molecule is [2H]c1c(C)[n+](C)c(-c2cc(CC)cc(CC)c2C)c2ccc(C(C)C)cc12. The molecular weight excluding hydrogens is 314 g/mol. The predicted octanol–water partition coefficient (Wildman–Crippen LogP) is 6.20. The number of aromatic nitrogens is 1. The normalized spacial score (nSPS) is 12.1. The fraction of sp³-hybridized carbons (Fsp3) is 0.400. The number of nitrogens with zero attached hydrogens (tertiary/aromatic N) is 1. The minimum atomic E-state index is 0.461. The minimum Gasteiger partial charge on any atom is -0.198 e. The number of pyridine rings is 1. The van der Waals surface area contributed by atoms with Crippen LogP contribution in [0.5, 0.6) is 0 Å². The molecule has 136 valence electrons. The Morgan fingerprint density at radius 3 is 2.38 bits per heavy atom. The lowest BCUT2D eigenvalue weighted by Crippen LogP contribution is -2.35. The van der Waals surface area contributed by atoms with Gasteiger partial charge in [-0.05, 0) is 65.5 Å². The third-order valence-corrected chi connectivity index (χ3v) is 5.74. The van der Waals surface area contributed by atoms with Crippen LogP contribution in [0.3, 0.4) is 0 Å². The molecule has 3 aromatic rings. The Balaban J connectivity index is 2.45. The summed E-state index contributed by atoms with van der Waals surface area (Å²) in [5.41, 5.74) is 9.00. The molecule has 0 bridgehead atoms. The first-order valence-electron chi connectivity index (χ1n) is 10.4. The highest BCUT2D eigenvalue weighted by atomic mass is 14.9. The average Bonchev–Trinajstić information content (AvgIpc) is 2.67. The maximum atomic E-state index is 8.72. The number of fused-ring (bicyclic) bond motifs is 1. The standard InChI is InChI=1S/C25H32N/c1-8-19-13-20(9-2)18(6)24(14-19)25-23-11-10-21(16(3)4)15-22(23)12-17(5)26(25)7/h10-16H,8-9H2,1-7H3/q+1/i12D.